The van der Waals surface area contributed by atoms with Crippen LogP contribution in [0.4, 0.5) is 0 Å². The van der Waals surface area contributed by atoms with Crippen LogP contribution < -0.4 is 0 Å². The van der Waals surface area contributed by atoms with Gasteiger partial charge in [0.1, 0.15) is 5.70 Å². The number of nitrogens with zero attached hydrogens (tertiary/aromatic N) is 1. The lowest BCUT2D eigenvalue weighted by Gasteiger charge is -1.97. The summed E-state index contributed by atoms with van der Waals surface area (Å²) in [5.41, 5.74) is 1.22. The average molecular weight is 201 g/mol. The first-order valence-electron chi connectivity index (χ1n) is 4.87. The van der Waals surface area contributed by atoms with Crippen molar-refractivity contribution in [2.45, 2.75) is 13.3 Å². The fourth-order valence-electron chi connectivity index (χ4n) is 1.34. The van der Waals surface area contributed by atoms with Crippen molar-refractivity contribution in [2.75, 3.05) is 0 Å². The molecule has 0 N–H and O–H groups in total. The molecule has 1 aliphatic heterocycles. The number of cyclic esters (lactones) is 1. The first kappa shape index (κ1) is 9.65. The molecule has 0 atom stereocenters. The second kappa shape index (κ2) is 4.09. The normalized spacial score (nSPS) is 17.8. The predicted octanol–water partition coefficient (Wildman–Crippen LogP) is 2.28. The lowest BCUT2D eigenvalue weighted by Crippen LogP contribution is -2.04. The zero-order valence-corrected chi connectivity index (χ0v) is 8.43. The third kappa shape index (κ3) is 1.96. The minimum Gasteiger partial charge on any atom is -0.402 e. The van der Waals surface area contributed by atoms with Crippen molar-refractivity contribution in [1.82, 2.24) is 0 Å². The van der Waals surface area contributed by atoms with Crippen molar-refractivity contribution >= 4 is 11.9 Å². The minimum absolute atomic E-state index is 0.365. The van der Waals surface area contributed by atoms with Crippen molar-refractivity contribution in [3.05, 3.63) is 47.7 Å². The van der Waals surface area contributed by atoms with E-state index >= 15 is 0 Å². The zero-order chi connectivity index (χ0) is 10.7. The van der Waals surface area contributed by atoms with Crippen LogP contribution in [-0.2, 0) is 9.53 Å². The van der Waals surface area contributed by atoms with E-state index in [1.54, 1.807) is 6.08 Å². The van der Waals surface area contributed by atoms with Crippen LogP contribution in [0.1, 0.15) is 18.9 Å². The maximum atomic E-state index is 11.3. The number of benzene rings is 1. The molecule has 0 radical (unpaired) electrons. The topological polar surface area (TPSA) is 38.7 Å². The number of ether oxygens (including phenoxy) is 1. The van der Waals surface area contributed by atoms with Crippen molar-refractivity contribution < 1.29 is 9.53 Å². The van der Waals surface area contributed by atoms with Gasteiger partial charge < -0.3 is 4.74 Å². The van der Waals surface area contributed by atoms with Gasteiger partial charge in [0.15, 0.2) is 0 Å². The van der Waals surface area contributed by atoms with E-state index in [0.29, 0.717) is 11.6 Å². The van der Waals surface area contributed by atoms with Gasteiger partial charge in [-0.05, 0) is 18.6 Å². The van der Waals surface area contributed by atoms with Gasteiger partial charge >= 0.3 is 5.97 Å². The standard InChI is InChI=1S/C12H11NO2/c1-2-6-10-12(14)15-11(13-10)9-7-4-3-5-8-9/h3-8H,2H2,1H3. The van der Waals surface area contributed by atoms with Crippen LogP contribution in [0.5, 0.6) is 0 Å². The molecule has 0 aliphatic carbocycles. The number of hydrogen-bond donors (Lipinski definition) is 0. The van der Waals surface area contributed by atoms with E-state index in [1.807, 2.05) is 37.3 Å². The fraction of sp³-hybridized carbons (Fsp3) is 0.167. The maximum Gasteiger partial charge on any atom is 0.363 e. The van der Waals surface area contributed by atoms with Crippen molar-refractivity contribution in [2.24, 2.45) is 4.99 Å². The summed E-state index contributed by atoms with van der Waals surface area (Å²) in [5, 5.41) is 0. The molecule has 3 nitrogen and oxygen atoms in total. The van der Waals surface area contributed by atoms with Gasteiger partial charge in [-0.1, -0.05) is 31.2 Å². The number of rotatable bonds is 2. The maximum absolute atomic E-state index is 11.3. The van der Waals surface area contributed by atoms with E-state index in [-0.39, 0.29) is 5.97 Å². The minimum atomic E-state index is -0.365. The summed E-state index contributed by atoms with van der Waals surface area (Å²) in [6.45, 7) is 1.95. The Labute approximate surface area is 88.1 Å². The molecule has 0 aromatic heterocycles. The molecule has 0 amide bonds. The first-order chi connectivity index (χ1) is 7.31. The molecule has 0 unspecified atom stereocenters. The Hall–Kier alpha value is -1.90. The summed E-state index contributed by atoms with van der Waals surface area (Å²) in [6.07, 6.45) is 2.54. The van der Waals surface area contributed by atoms with Crippen LogP contribution in [0.3, 0.4) is 0 Å². The lowest BCUT2D eigenvalue weighted by molar-refractivity contribution is -0.130. The van der Waals surface area contributed by atoms with Gasteiger partial charge in [0, 0.05) is 5.56 Å². The SMILES string of the molecule is CCC=C1N=C(c2ccccc2)OC1=O. The van der Waals surface area contributed by atoms with E-state index in [2.05, 4.69) is 4.99 Å². The van der Waals surface area contributed by atoms with E-state index in [4.69, 9.17) is 4.74 Å². The molecule has 0 saturated heterocycles. The summed E-state index contributed by atoms with van der Waals surface area (Å²) in [5.74, 6) is 0.0241. The van der Waals surface area contributed by atoms with Crippen LogP contribution in [-0.4, -0.2) is 11.9 Å². The molecule has 0 spiro atoms. The van der Waals surface area contributed by atoms with Gasteiger partial charge in [-0.3, -0.25) is 0 Å². The molecule has 2 rings (SSSR count). The number of carbonyl (C=O) groups excluding carboxylic acids is 1. The third-order valence-electron chi connectivity index (χ3n) is 2.04. The average Bonchev–Trinajstić information content (AvgIpc) is 2.63. The van der Waals surface area contributed by atoms with Gasteiger partial charge in [-0.25, -0.2) is 9.79 Å². The molecular formula is C12H11NO2. The molecule has 76 valence electrons. The van der Waals surface area contributed by atoms with E-state index in [1.165, 1.54) is 0 Å². The van der Waals surface area contributed by atoms with Crippen molar-refractivity contribution in [3.63, 3.8) is 0 Å². The van der Waals surface area contributed by atoms with Gasteiger partial charge in [-0.2, -0.15) is 0 Å². The number of aliphatic imine (C=N–C) groups is 1. The van der Waals surface area contributed by atoms with E-state index in [0.717, 1.165) is 12.0 Å². The highest BCUT2D eigenvalue weighted by Gasteiger charge is 2.23. The molecule has 3 heteroatoms. The van der Waals surface area contributed by atoms with Gasteiger partial charge in [0.2, 0.25) is 5.90 Å². The largest absolute Gasteiger partial charge is 0.402 e. The van der Waals surface area contributed by atoms with Crippen LogP contribution in [0, 0.1) is 0 Å². The van der Waals surface area contributed by atoms with Crippen LogP contribution in [0.2, 0.25) is 0 Å². The summed E-state index contributed by atoms with van der Waals surface area (Å²) in [4.78, 5) is 15.5. The van der Waals surface area contributed by atoms with Crippen LogP contribution in [0.15, 0.2) is 47.1 Å². The highest BCUT2D eigenvalue weighted by molar-refractivity contribution is 6.11. The Morgan fingerprint density at radius 1 is 1.33 bits per heavy atom. The van der Waals surface area contributed by atoms with Gasteiger partial charge in [0.05, 0.1) is 0 Å². The summed E-state index contributed by atoms with van der Waals surface area (Å²) >= 11 is 0. The van der Waals surface area contributed by atoms with E-state index < -0.39 is 0 Å². The van der Waals surface area contributed by atoms with Crippen LogP contribution in [0.25, 0.3) is 0 Å². The van der Waals surface area contributed by atoms with Crippen molar-refractivity contribution in [3.8, 4) is 0 Å². The lowest BCUT2D eigenvalue weighted by atomic mass is 10.2. The summed E-state index contributed by atoms with van der Waals surface area (Å²) in [6, 6.07) is 9.39. The van der Waals surface area contributed by atoms with E-state index in [9.17, 15) is 4.79 Å². The Kier molecular flexibility index (Phi) is 2.63. The molecule has 1 aromatic carbocycles. The van der Waals surface area contributed by atoms with Crippen LogP contribution >= 0.6 is 0 Å². The molecule has 0 saturated carbocycles. The fourth-order valence-corrected chi connectivity index (χ4v) is 1.34. The molecular weight excluding hydrogens is 190 g/mol. The molecule has 1 heterocycles. The Morgan fingerprint density at radius 3 is 2.73 bits per heavy atom. The third-order valence-corrected chi connectivity index (χ3v) is 2.04. The number of carbonyl (C=O) groups is 1. The predicted molar refractivity (Wildman–Crippen MR) is 57.4 cm³/mol. The number of esters is 1. The Bertz CT molecular complexity index is 432. The Balaban J connectivity index is 2.31. The highest BCUT2D eigenvalue weighted by Crippen LogP contribution is 2.16. The monoisotopic (exact) mass is 201 g/mol. The molecule has 0 fully saturated rings. The number of hydrogen-bond acceptors (Lipinski definition) is 3. The zero-order valence-electron chi connectivity index (χ0n) is 8.43. The summed E-state index contributed by atoms with van der Waals surface area (Å²) in [7, 11) is 0. The highest BCUT2D eigenvalue weighted by atomic mass is 16.6. The quantitative estimate of drug-likeness (QED) is 0.544. The first-order valence-corrected chi connectivity index (χ1v) is 4.87. The number of allylic oxidation sites excluding steroid dienone is 1. The molecule has 1 aromatic rings. The molecule has 0 bridgehead atoms. The smallest absolute Gasteiger partial charge is 0.363 e. The molecule has 15 heavy (non-hydrogen) atoms. The summed E-state index contributed by atoms with van der Waals surface area (Å²) < 4.78 is 5.06. The van der Waals surface area contributed by atoms with Gasteiger partial charge in [0.25, 0.3) is 0 Å². The Morgan fingerprint density at radius 2 is 2.07 bits per heavy atom. The van der Waals surface area contributed by atoms with Crippen molar-refractivity contribution in [1.29, 1.82) is 0 Å². The second-order valence-corrected chi connectivity index (χ2v) is 3.17. The second-order valence-electron chi connectivity index (χ2n) is 3.17. The van der Waals surface area contributed by atoms with Gasteiger partial charge in [-0.15, -0.1) is 0 Å². The molecule has 1 aliphatic rings.